The van der Waals surface area contributed by atoms with Gasteiger partial charge in [0.05, 0.1) is 16.4 Å². The Morgan fingerprint density at radius 1 is 1.30 bits per heavy atom. The number of allylic oxidation sites excluding steroid dienone is 4. The molecule has 20 heavy (non-hydrogen) atoms. The fourth-order valence-corrected chi connectivity index (χ4v) is 3.29. The van der Waals surface area contributed by atoms with Crippen molar-refractivity contribution in [1.29, 1.82) is 0 Å². The van der Waals surface area contributed by atoms with Crippen LogP contribution in [-0.4, -0.2) is 16.6 Å². The number of carbonyl (C=O) groups is 1. The maximum absolute atomic E-state index is 12.1. The molecule has 0 radical (unpaired) electrons. The largest absolute Gasteiger partial charge is 0.508 e. The summed E-state index contributed by atoms with van der Waals surface area (Å²) in [6, 6.07) is 5.08. The minimum absolute atomic E-state index is 0.155. The van der Waals surface area contributed by atoms with E-state index in [1.165, 1.54) is 0 Å². The number of Topliss-reactive ketones (excluding diaryl/α,β-unsaturated/α-hetero) is 1. The van der Waals surface area contributed by atoms with Crippen LogP contribution in [0.3, 0.4) is 0 Å². The van der Waals surface area contributed by atoms with Gasteiger partial charge in [-0.15, -0.1) is 0 Å². The third-order valence-electron chi connectivity index (χ3n) is 3.91. The third-order valence-corrected chi connectivity index (χ3v) is 4.27. The number of aliphatic imine (C=N–C) groups is 1. The van der Waals surface area contributed by atoms with Gasteiger partial charge in [-0.05, 0) is 36.8 Å². The first-order valence-corrected chi connectivity index (χ1v) is 6.76. The molecule has 1 N–H and O–H groups in total. The highest BCUT2D eigenvalue weighted by atomic mass is 35.5. The number of carbonyl (C=O) groups excluding carboxylic acids is 1. The van der Waals surface area contributed by atoms with Crippen LogP contribution >= 0.6 is 11.6 Å². The highest BCUT2D eigenvalue weighted by molar-refractivity contribution is 6.49. The Bertz CT molecular complexity index is 739. The zero-order valence-electron chi connectivity index (χ0n) is 11.5. The Morgan fingerprint density at radius 3 is 2.70 bits per heavy atom. The smallest absolute Gasteiger partial charge is 0.200 e. The molecule has 1 aromatic rings. The van der Waals surface area contributed by atoms with Crippen LogP contribution < -0.4 is 0 Å². The summed E-state index contributed by atoms with van der Waals surface area (Å²) in [5.41, 5.74) is 3.25. The highest BCUT2D eigenvalue weighted by Crippen LogP contribution is 2.47. The lowest BCUT2D eigenvalue weighted by Crippen LogP contribution is -2.32. The molecule has 0 aromatic heterocycles. The molecule has 0 saturated carbocycles. The summed E-state index contributed by atoms with van der Waals surface area (Å²) in [6.45, 7) is 5.71. The predicted octanol–water partition coefficient (Wildman–Crippen LogP) is 3.78. The number of halogens is 1. The van der Waals surface area contributed by atoms with E-state index < -0.39 is 5.41 Å². The first-order chi connectivity index (χ1) is 9.32. The molecule has 0 unspecified atom stereocenters. The minimum atomic E-state index is -0.477. The first kappa shape index (κ1) is 13.1. The summed E-state index contributed by atoms with van der Waals surface area (Å²) in [6.07, 6.45) is 1.78. The lowest BCUT2D eigenvalue weighted by atomic mass is 9.71. The zero-order chi connectivity index (χ0) is 14.7. The van der Waals surface area contributed by atoms with Gasteiger partial charge < -0.3 is 5.11 Å². The Kier molecular flexibility index (Phi) is 2.67. The van der Waals surface area contributed by atoms with Crippen molar-refractivity contribution in [3.8, 4) is 5.75 Å². The number of aromatic hydroxyl groups is 1. The quantitative estimate of drug-likeness (QED) is 0.738. The number of hydrogen-bond acceptors (Lipinski definition) is 3. The van der Waals surface area contributed by atoms with Crippen molar-refractivity contribution in [2.24, 2.45) is 4.99 Å². The Labute approximate surface area is 122 Å². The number of nitrogens with zero attached hydrogens (tertiary/aromatic N) is 1. The molecule has 1 aliphatic carbocycles. The van der Waals surface area contributed by atoms with Crippen molar-refractivity contribution in [3.63, 3.8) is 0 Å². The molecule has 0 fully saturated rings. The fourth-order valence-electron chi connectivity index (χ4n) is 2.81. The number of hydrogen-bond donors (Lipinski definition) is 1. The molecule has 0 spiro atoms. The monoisotopic (exact) mass is 287 g/mol. The number of fused-ring (bicyclic) bond motifs is 2. The predicted molar refractivity (Wildman–Crippen MR) is 79.9 cm³/mol. The molecule has 1 aromatic carbocycles. The van der Waals surface area contributed by atoms with Crippen LogP contribution in [0.15, 0.2) is 45.4 Å². The van der Waals surface area contributed by atoms with Gasteiger partial charge in [0.2, 0.25) is 5.78 Å². The molecule has 0 bridgehead atoms. The topological polar surface area (TPSA) is 49.7 Å². The maximum atomic E-state index is 12.1. The van der Waals surface area contributed by atoms with E-state index >= 15 is 0 Å². The second-order valence-corrected chi connectivity index (χ2v) is 6.05. The zero-order valence-corrected chi connectivity index (χ0v) is 12.2. The summed E-state index contributed by atoms with van der Waals surface area (Å²) >= 11 is 6.27. The van der Waals surface area contributed by atoms with E-state index in [0.29, 0.717) is 5.57 Å². The van der Waals surface area contributed by atoms with Gasteiger partial charge >= 0.3 is 0 Å². The molecule has 0 amide bonds. The first-order valence-electron chi connectivity index (χ1n) is 6.38. The van der Waals surface area contributed by atoms with Crippen LogP contribution in [0.25, 0.3) is 0 Å². The number of rotatable bonds is 0. The van der Waals surface area contributed by atoms with E-state index in [1.54, 1.807) is 31.2 Å². The van der Waals surface area contributed by atoms with E-state index in [9.17, 15) is 9.90 Å². The van der Waals surface area contributed by atoms with Gasteiger partial charge in [0.25, 0.3) is 0 Å². The molecule has 1 aliphatic heterocycles. The van der Waals surface area contributed by atoms with E-state index in [0.717, 1.165) is 22.5 Å². The van der Waals surface area contributed by atoms with Gasteiger partial charge in [0, 0.05) is 16.6 Å². The lowest BCUT2D eigenvalue weighted by Gasteiger charge is -2.36. The van der Waals surface area contributed by atoms with Crippen LogP contribution in [-0.2, 0) is 10.2 Å². The van der Waals surface area contributed by atoms with Crippen molar-refractivity contribution in [1.82, 2.24) is 0 Å². The Hall–Kier alpha value is -1.87. The molecular weight excluding hydrogens is 274 g/mol. The lowest BCUT2D eigenvalue weighted by molar-refractivity contribution is -0.111. The van der Waals surface area contributed by atoms with Gasteiger partial charge in [0.1, 0.15) is 5.75 Å². The van der Waals surface area contributed by atoms with Crippen LogP contribution in [0.1, 0.15) is 26.3 Å². The Morgan fingerprint density at radius 2 is 2.00 bits per heavy atom. The molecule has 3 rings (SSSR count). The minimum Gasteiger partial charge on any atom is -0.508 e. The van der Waals surface area contributed by atoms with Crippen molar-refractivity contribution in [2.45, 2.75) is 26.2 Å². The summed E-state index contributed by atoms with van der Waals surface area (Å²) < 4.78 is 0. The van der Waals surface area contributed by atoms with Crippen molar-refractivity contribution < 1.29 is 9.90 Å². The number of phenolic OH excluding ortho intramolecular Hbond substituents is 1. The second kappa shape index (κ2) is 4.06. The second-order valence-electron chi connectivity index (χ2n) is 5.67. The van der Waals surface area contributed by atoms with Crippen LogP contribution in [0, 0.1) is 0 Å². The van der Waals surface area contributed by atoms with Crippen LogP contribution in [0.4, 0.5) is 5.69 Å². The average molecular weight is 288 g/mol. The van der Waals surface area contributed by atoms with Crippen molar-refractivity contribution >= 4 is 28.8 Å². The average Bonchev–Trinajstić information content (AvgIpc) is 2.37. The van der Waals surface area contributed by atoms with E-state index in [2.05, 4.69) is 4.99 Å². The van der Waals surface area contributed by atoms with E-state index in [4.69, 9.17) is 11.6 Å². The van der Waals surface area contributed by atoms with Gasteiger partial charge in [-0.25, -0.2) is 4.99 Å². The van der Waals surface area contributed by atoms with Crippen LogP contribution in [0.2, 0.25) is 0 Å². The summed E-state index contributed by atoms with van der Waals surface area (Å²) in [5, 5.41) is 9.92. The van der Waals surface area contributed by atoms with Gasteiger partial charge in [0.15, 0.2) is 0 Å². The summed E-state index contributed by atoms with van der Waals surface area (Å²) in [5.74, 6) is 0.0263. The van der Waals surface area contributed by atoms with E-state index in [1.807, 2.05) is 13.8 Å². The molecule has 0 saturated heterocycles. The van der Waals surface area contributed by atoms with Crippen LogP contribution in [0.5, 0.6) is 5.75 Å². The van der Waals surface area contributed by atoms with E-state index in [-0.39, 0.29) is 16.6 Å². The molecule has 4 heteroatoms. The summed E-state index contributed by atoms with van der Waals surface area (Å²) in [4.78, 5) is 16.7. The maximum Gasteiger partial charge on any atom is 0.200 e. The summed E-state index contributed by atoms with van der Waals surface area (Å²) in [7, 11) is 0. The third kappa shape index (κ3) is 1.66. The number of ketones is 1. The standard InChI is InChI=1S/C16H14ClNO2/c1-8-6-12-13(14(17)15(8)20)16(2,3)10-7-9(19)4-5-11(10)18-12/h4-7,19H,1-3H3. The SMILES string of the molecule is CC1=CC2=Nc3ccc(O)cc3C(C)(C)C2=C(Cl)C1=O. The van der Waals surface area contributed by atoms with Crippen molar-refractivity contribution in [2.75, 3.05) is 0 Å². The Balaban J connectivity index is 2.36. The molecular formula is C16H14ClNO2. The molecule has 0 atom stereocenters. The number of benzene rings is 1. The van der Waals surface area contributed by atoms with Crippen molar-refractivity contribution in [3.05, 3.63) is 46.0 Å². The highest BCUT2D eigenvalue weighted by Gasteiger charge is 2.39. The van der Waals surface area contributed by atoms with Gasteiger partial charge in [-0.2, -0.15) is 0 Å². The number of phenols is 1. The molecule has 3 nitrogen and oxygen atoms in total. The fraction of sp³-hybridized carbons (Fsp3) is 0.250. The van der Waals surface area contributed by atoms with Gasteiger partial charge in [-0.3, -0.25) is 4.79 Å². The normalized spacial score (nSPS) is 20.1. The van der Waals surface area contributed by atoms with Gasteiger partial charge in [-0.1, -0.05) is 25.4 Å². The molecule has 2 aliphatic rings. The molecule has 1 heterocycles. The molecule has 102 valence electrons.